The van der Waals surface area contributed by atoms with Crippen molar-refractivity contribution in [2.24, 2.45) is 0 Å². The topological polar surface area (TPSA) is 69.6 Å². The van der Waals surface area contributed by atoms with Crippen LogP contribution in [0.25, 0.3) is 0 Å². The molecule has 2 aromatic carbocycles. The predicted molar refractivity (Wildman–Crippen MR) is 83.4 cm³/mol. The van der Waals surface area contributed by atoms with E-state index in [2.05, 4.69) is 21.2 Å². The predicted octanol–water partition coefficient (Wildman–Crippen LogP) is 2.03. The Balaban J connectivity index is 2.23. The number of carbonyl (C=O) groups excluding carboxylic acids is 1. The van der Waals surface area contributed by atoms with Crippen LogP contribution in [0.2, 0.25) is 5.02 Å². The molecule has 2 rings (SSSR count). The fourth-order valence-corrected chi connectivity index (χ4v) is 2.27. The Kier molecular flexibility index (Phi) is 4.83. The highest BCUT2D eigenvalue weighted by Crippen LogP contribution is 2.17. The first-order chi connectivity index (χ1) is 9.47. The van der Waals surface area contributed by atoms with Gasteiger partial charge in [-0.2, -0.15) is 0 Å². The third-order valence-corrected chi connectivity index (χ3v) is 3.46. The Morgan fingerprint density at radius 1 is 1.20 bits per heavy atom. The van der Waals surface area contributed by atoms with Gasteiger partial charge in [0.15, 0.2) is 0 Å². The zero-order valence-corrected chi connectivity index (χ0v) is 12.5. The van der Waals surface area contributed by atoms with Gasteiger partial charge in [-0.25, -0.2) is 0 Å². The summed E-state index contributed by atoms with van der Waals surface area (Å²) in [7, 11) is -1.72. The second-order valence-corrected chi connectivity index (χ2v) is 5.40. The largest absolute Gasteiger partial charge is 0.489 e. The second-order valence-electron chi connectivity index (χ2n) is 4.07. The maximum atomic E-state index is 12.1. The van der Waals surface area contributed by atoms with Crippen LogP contribution in [0.1, 0.15) is 10.4 Å². The molecule has 0 fully saturated rings. The minimum atomic E-state index is -1.72. The van der Waals surface area contributed by atoms with Crippen LogP contribution in [0.3, 0.4) is 0 Å². The second kappa shape index (κ2) is 6.41. The van der Waals surface area contributed by atoms with Crippen LogP contribution in [0.15, 0.2) is 46.9 Å². The first-order valence-electron chi connectivity index (χ1n) is 5.70. The first-order valence-corrected chi connectivity index (χ1v) is 6.87. The molecule has 7 heteroatoms. The molecule has 0 heterocycles. The fraction of sp³-hybridized carbons (Fsp3) is 0. The lowest BCUT2D eigenvalue weighted by atomic mass is 9.79. The Bertz CT molecular complexity index is 651. The SMILES string of the molecule is O=C(Nc1cccc(Br)c1)c1ccc(Cl)c(B(O)O)c1. The van der Waals surface area contributed by atoms with Gasteiger partial charge in [0.25, 0.3) is 5.91 Å². The van der Waals surface area contributed by atoms with E-state index >= 15 is 0 Å². The van der Waals surface area contributed by atoms with Crippen molar-refractivity contribution >= 4 is 51.7 Å². The van der Waals surface area contributed by atoms with Crippen molar-refractivity contribution in [1.29, 1.82) is 0 Å². The molecule has 0 unspecified atom stereocenters. The number of carbonyl (C=O) groups is 1. The standard InChI is InChI=1S/C13H10BBrClNO3/c15-9-2-1-3-10(7-9)17-13(18)8-4-5-12(16)11(6-8)14(19)20/h1-7,19-20H,(H,17,18). The van der Waals surface area contributed by atoms with Gasteiger partial charge in [0.1, 0.15) is 0 Å². The molecular weight excluding hydrogens is 344 g/mol. The van der Waals surface area contributed by atoms with Crippen molar-refractivity contribution in [3.05, 3.63) is 57.5 Å². The molecule has 0 spiro atoms. The van der Waals surface area contributed by atoms with E-state index in [1.165, 1.54) is 18.2 Å². The Labute approximate surface area is 129 Å². The van der Waals surface area contributed by atoms with Gasteiger partial charge in [0, 0.05) is 26.2 Å². The Morgan fingerprint density at radius 3 is 2.60 bits per heavy atom. The summed E-state index contributed by atoms with van der Waals surface area (Å²) in [5.74, 6) is -0.360. The molecule has 0 saturated carbocycles. The molecule has 102 valence electrons. The number of hydrogen-bond donors (Lipinski definition) is 3. The summed E-state index contributed by atoms with van der Waals surface area (Å²) in [6.45, 7) is 0. The monoisotopic (exact) mass is 353 g/mol. The van der Waals surface area contributed by atoms with Crippen LogP contribution in [-0.2, 0) is 0 Å². The lowest BCUT2D eigenvalue weighted by Gasteiger charge is -2.08. The normalized spacial score (nSPS) is 10.2. The number of rotatable bonds is 3. The smallest absolute Gasteiger partial charge is 0.423 e. The summed E-state index contributed by atoms with van der Waals surface area (Å²) < 4.78 is 0.845. The highest BCUT2D eigenvalue weighted by molar-refractivity contribution is 9.10. The number of halogens is 2. The van der Waals surface area contributed by atoms with Crippen LogP contribution in [0.5, 0.6) is 0 Å². The van der Waals surface area contributed by atoms with Crippen molar-refractivity contribution in [3.8, 4) is 0 Å². The molecule has 0 aliphatic heterocycles. The number of amides is 1. The molecule has 3 N–H and O–H groups in total. The average molecular weight is 354 g/mol. The maximum absolute atomic E-state index is 12.1. The molecule has 0 aliphatic rings. The third-order valence-electron chi connectivity index (χ3n) is 2.62. The molecule has 20 heavy (non-hydrogen) atoms. The van der Waals surface area contributed by atoms with Gasteiger partial charge in [0.05, 0.1) is 0 Å². The first kappa shape index (κ1) is 15.1. The van der Waals surface area contributed by atoms with Crippen LogP contribution in [0.4, 0.5) is 5.69 Å². The van der Waals surface area contributed by atoms with E-state index in [-0.39, 0.29) is 22.0 Å². The van der Waals surface area contributed by atoms with Gasteiger partial charge < -0.3 is 15.4 Å². The lowest BCUT2D eigenvalue weighted by Crippen LogP contribution is -2.31. The van der Waals surface area contributed by atoms with Crippen molar-refractivity contribution in [2.45, 2.75) is 0 Å². The van der Waals surface area contributed by atoms with E-state index in [0.29, 0.717) is 5.69 Å². The van der Waals surface area contributed by atoms with Gasteiger partial charge in [-0.15, -0.1) is 0 Å². The number of anilines is 1. The molecule has 0 aliphatic carbocycles. The molecule has 0 radical (unpaired) electrons. The molecule has 0 aromatic heterocycles. The van der Waals surface area contributed by atoms with Crippen LogP contribution < -0.4 is 10.8 Å². The van der Waals surface area contributed by atoms with Gasteiger partial charge >= 0.3 is 7.12 Å². The maximum Gasteiger partial charge on any atom is 0.489 e. The quantitative estimate of drug-likeness (QED) is 0.739. The molecule has 1 amide bonds. The lowest BCUT2D eigenvalue weighted by molar-refractivity contribution is 0.102. The van der Waals surface area contributed by atoms with E-state index in [0.717, 1.165) is 4.47 Å². The van der Waals surface area contributed by atoms with E-state index in [9.17, 15) is 14.8 Å². The molecule has 0 bridgehead atoms. The van der Waals surface area contributed by atoms with E-state index in [1.54, 1.807) is 18.2 Å². The Morgan fingerprint density at radius 2 is 1.95 bits per heavy atom. The summed E-state index contributed by atoms with van der Waals surface area (Å²) in [6.07, 6.45) is 0. The van der Waals surface area contributed by atoms with Crippen molar-refractivity contribution in [1.82, 2.24) is 0 Å². The molecule has 4 nitrogen and oxygen atoms in total. The zero-order chi connectivity index (χ0) is 14.7. The molecule has 0 saturated heterocycles. The fourth-order valence-electron chi connectivity index (χ4n) is 1.65. The summed E-state index contributed by atoms with van der Waals surface area (Å²) in [5, 5.41) is 21.2. The summed E-state index contributed by atoms with van der Waals surface area (Å²) in [6, 6.07) is 11.5. The van der Waals surface area contributed by atoms with Gasteiger partial charge in [-0.05, 0) is 36.4 Å². The van der Waals surface area contributed by atoms with Crippen molar-refractivity contribution in [2.75, 3.05) is 5.32 Å². The number of benzene rings is 2. The molecule has 0 atom stereocenters. The van der Waals surface area contributed by atoms with Crippen molar-refractivity contribution < 1.29 is 14.8 Å². The number of hydrogen-bond acceptors (Lipinski definition) is 3. The van der Waals surface area contributed by atoms with Crippen LogP contribution >= 0.6 is 27.5 Å². The van der Waals surface area contributed by atoms with Crippen LogP contribution in [-0.4, -0.2) is 23.1 Å². The minimum absolute atomic E-state index is 0.0913. The summed E-state index contributed by atoms with van der Waals surface area (Å²) in [5.41, 5.74) is 1.01. The van der Waals surface area contributed by atoms with Crippen LogP contribution in [0, 0.1) is 0 Å². The number of nitrogens with one attached hydrogen (secondary N) is 1. The van der Waals surface area contributed by atoms with Gasteiger partial charge in [-0.1, -0.05) is 33.6 Å². The summed E-state index contributed by atoms with van der Waals surface area (Å²) in [4.78, 5) is 12.1. The third kappa shape index (κ3) is 3.61. The highest BCUT2D eigenvalue weighted by Gasteiger charge is 2.17. The van der Waals surface area contributed by atoms with E-state index in [1.807, 2.05) is 6.07 Å². The molecule has 2 aromatic rings. The van der Waals surface area contributed by atoms with Crippen molar-refractivity contribution in [3.63, 3.8) is 0 Å². The minimum Gasteiger partial charge on any atom is -0.423 e. The van der Waals surface area contributed by atoms with Gasteiger partial charge in [-0.3, -0.25) is 4.79 Å². The molecular formula is C13H10BBrClNO3. The Hall–Kier alpha value is -1.34. The highest BCUT2D eigenvalue weighted by atomic mass is 79.9. The average Bonchev–Trinajstić information content (AvgIpc) is 2.38. The van der Waals surface area contributed by atoms with Gasteiger partial charge in [0.2, 0.25) is 0 Å². The van der Waals surface area contributed by atoms with E-state index in [4.69, 9.17) is 11.6 Å². The zero-order valence-electron chi connectivity index (χ0n) is 10.2. The van der Waals surface area contributed by atoms with E-state index < -0.39 is 7.12 Å². The summed E-state index contributed by atoms with van der Waals surface area (Å²) >= 11 is 9.13.